The lowest BCUT2D eigenvalue weighted by atomic mass is 10.0. The number of halogens is 4. The van der Waals surface area contributed by atoms with Crippen LogP contribution in [0.3, 0.4) is 0 Å². The minimum atomic E-state index is -4.59. The summed E-state index contributed by atoms with van der Waals surface area (Å²) in [6, 6.07) is 16.3. The van der Waals surface area contributed by atoms with E-state index < -0.39 is 28.7 Å². The minimum Gasteiger partial charge on any atom is -0.397 e. The molecule has 4 rings (SSSR count). The highest BCUT2D eigenvalue weighted by molar-refractivity contribution is 7.99. The largest absolute Gasteiger partial charge is 0.417 e. The second-order valence-electron chi connectivity index (χ2n) is 9.60. The average molecular weight is 618 g/mol. The Labute approximate surface area is 251 Å². The van der Waals surface area contributed by atoms with Gasteiger partial charge in [0.2, 0.25) is 11.8 Å². The smallest absolute Gasteiger partial charge is 0.397 e. The second kappa shape index (κ2) is 14.6. The van der Waals surface area contributed by atoms with Gasteiger partial charge in [0.25, 0.3) is 0 Å². The molecule has 222 valence electrons. The van der Waals surface area contributed by atoms with Gasteiger partial charge in [-0.05, 0) is 47.5 Å². The third kappa shape index (κ3) is 8.99. The summed E-state index contributed by atoms with van der Waals surface area (Å²) in [7, 11) is 0. The number of para-hydroxylation sites is 2. The van der Waals surface area contributed by atoms with Gasteiger partial charge < -0.3 is 26.6 Å². The summed E-state index contributed by atoms with van der Waals surface area (Å²) in [6.45, 7) is 3.22. The van der Waals surface area contributed by atoms with Crippen LogP contribution in [0.25, 0.3) is 6.08 Å². The number of carbonyl (C=O) groups excluding carboxylic acids is 2. The molecule has 3 aromatic rings. The lowest BCUT2D eigenvalue weighted by molar-refractivity contribution is -0.137. The van der Waals surface area contributed by atoms with E-state index in [9.17, 15) is 22.8 Å². The predicted molar refractivity (Wildman–Crippen MR) is 165 cm³/mol. The highest BCUT2D eigenvalue weighted by atomic mass is 35.5. The molecule has 2 amide bonds. The molecule has 0 aliphatic carbocycles. The lowest BCUT2D eigenvalue weighted by Crippen LogP contribution is -2.41. The zero-order chi connectivity index (χ0) is 30.1. The van der Waals surface area contributed by atoms with Crippen LogP contribution >= 0.6 is 23.4 Å². The maximum Gasteiger partial charge on any atom is 0.417 e. The summed E-state index contributed by atoms with van der Waals surface area (Å²) in [5.74, 6) is 1.33. The number of thioether (sulfide) groups is 1. The molecular formula is C30H31ClF3N5O2S. The van der Waals surface area contributed by atoms with Crippen LogP contribution < -0.4 is 21.7 Å². The fourth-order valence-electron chi connectivity index (χ4n) is 4.35. The van der Waals surface area contributed by atoms with Gasteiger partial charge in [-0.25, -0.2) is 0 Å². The van der Waals surface area contributed by atoms with Gasteiger partial charge in [-0.15, -0.1) is 0 Å². The number of carbonyl (C=O) groups is 2. The molecule has 12 heteroatoms. The molecule has 1 saturated heterocycles. The number of nitrogens with one attached hydrogen (secondary N) is 3. The van der Waals surface area contributed by atoms with Crippen LogP contribution in [0.1, 0.15) is 22.7 Å². The predicted octanol–water partition coefficient (Wildman–Crippen LogP) is 5.91. The second-order valence-corrected chi connectivity index (χ2v) is 11.2. The van der Waals surface area contributed by atoms with Crippen LogP contribution in [0.4, 0.5) is 30.2 Å². The van der Waals surface area contributed by atoms with Crippen molar-refractivity contribution in [2.45, 2.75) is 12.2 Å². The number of nitrogen functional groups attached to an aromatic ring is 1. The van der Waals surface area contributed by atoms with Gasteiger partial charge >= 0.3 is 6.18 Å². The summed E-state index contributed by atoms with van der Waals surface area (Å²) in [5.41, 5.74) is 7.41. The Bertz CT molecular complexity index is 1410. The highest BCUT2D eigenvalue weighted by Crippen LogP contribution is 2.36. The first-order valence-electron chi connectivity index (χ1n) is 13.2. The van der Waals surface area contributed by atoms with Gasteiger partial charge in [0.1, 0.15) is 6.04 Å². The van der Waals surface area contributed by atoms with Crippen molar-refractivity contribution in [1.29, 1.82) is 0 Å². The van der Waals surface area contributed by atoms with Crippen molar-refractivity contribution in [2.75, 3.05) is 54.1 Å². The van der Waals surface area contributed by atoms with E-state index in [1.807, 2.05) is 11.8 Å². The third-order valence-electron chi connectivity index (χ3n) is 6.60. The van der Waals surface area contributed by atoms with E-state index in [-0.39, 0.29) is 11.6 Å². The van der Waals surface area contributed by atoms with Crippen LogP contribution in [-0.2, 0) is 15.8 Å². The van der Waals surface area contributed by atoms with E-state index in [2.05, 4.69) is 20.9 Å². The topological polar surface area (TPSA) is 99.5 Å². The number of amides is 2. The number of hydrogen-bond donors (Lipinski definition) is 4. The van der Waals surface area contributed by atoms with Crippen LogP contribution in [0.15, 0.2) is 72.8 Å². The monoisotopic (exact) mass is 617 g/mol. The van der Waals surface area contributed by atoms with Crippen molar-refractivity contribution >= 4 is 58.3 Å². The van der Waals surface area contributed by atoms with Crippen molar-refractivity contribution in [2.24, 2.45) is 0 Å². The third-order valence-corrected chi connectivity index (χ3v) is 7.86. The number of rotatable bonds is 10. The molecule has 1 heterocycles. The summed E-state index contributed by atoms with van der Waals surface area (Å²) in [4.78, 5) is 28.0. The molecule has 5 N–H and O–H groups in total. The summed E-state index contributed by atoms with van der Waals surface area (Å²) < 4.78 is 39.3. The number of nitrogens with two attached hydrogens (primary N) is 1. The Hall–Kier alpha value is -3.51. The first-order chi connectivity index (χ1) is 20.1. The molecule has 1 unspecified atom stereocenters. The highest BCUT2D eigenvalue weighted by Gasteiger charge is 2.33. The zero-order valence-corrected chi connectivity index (χ0v) is 24.2. The molecular weight excluding hydrogens is 587 g/mol. The van der Waals surface area contributed by atoms with E-state index in [4.69, 9.17) is 17.3 Å². The number of benzene rings is 3. The number of anilines is 3. The lowest BCUT2D eigenvalue weighted by Gasteiger charge is -2.27. The van der Waals surface area contributed by atoms with E-state index >= 15 is 0 Å². The van der Waals surface area contributed by atoms with Crippen LogP contribution in [0.2, 0.25) is 5.02 Å². The fraction of sp³-hybridized carbons (Fsp3) is 0.267. The first kappa shape index (κ1) is 31.4. The molecule has 7 nitrogen and oxygen atoms in total. The van der Waals surface area contributed by atoms with Gasteiger partial charge in [-0.2, -0.15) is 24.9 Å². The Kier molecular flexibility index (Phi) is 10.9. The molecule has 0 radical (unpaired) electrons. The zero-order valence-electron chi connectivity index (χ0n) is 22.6. The molecule has 1 atom stereocenters. The number of nitrogens with zero attached hydrogens (tertiary/aromatic N) is 1. The quantitative estimate of drug-likeness (QED) is 0.167. The van der Waals surface area contributed by atoms with Gasteiger partial charge in [-0.3, -0.25) is 9.59 Å². The minimum absolute atomic E-state index is 0.155. The van der Waals surface area contributed by atoms with Gasteiger partial charge in [-0.1, -0.05) is 48.0 Å². The van der Waals surface area contributed by atoms with Crippen molar-refractivity contribution in [1.82, 2.24) is 10.2 Å². The Morgan fingerprint density at radius 1 is 1.02 bits per heavy atom. The SMILES string of the molecule is Nc1ccccc1NC(=O)C=Cc1ccc(C(NCCN2CCSCC2)C(=O)Nc2ccc(C(F)(F)F)c(Cl)c2)cc1. The van der Waals surface area contributed by atoms with Crippen molar-refractivity contribution < 1.29 is 22.8 Å². The fourth-order valence-corrected chi connectivity index (χ4v) is 5.61. The Morgan fingerprint density at radius 3 is 2.40 bits per heavy atom. The van der Waals surface area contributed by atoms with Crippen LogP contribution in [-0.4, -0.2) is 54.4 Å². The van der Waals surface area contributed by atoms with E-state index in [1.165, 1.54) is 12.1 Å². The standard InChI is InChI=1S/C30H31ClF3N5O2S/c31-24-19-22(10-11-23(24)30(32,33)34)37-29(41)28(36-13-14-39-15-17-42-18-16-39)21-8-5-20(6-9-21)7-12-27(40)38-26-4-2-1-3-25(26)35/h1-12,19,28,36H,13-18,35H2,(H,37,41)(H,38,40). The molecule has 3 aromatic carbocycles. The van der Waals surface area contributed by atoms with Gasteiger partial charge in [0.15, 0.2) is 0 Å². The summed E-state index contributed by atoms with van der Waals surface area (Å²) >= 11 is 7.76. The Morgan fingerprint density at radius 2 is 1.74 bits per heavy atom. The molecule has 0 bridgehead atoms. The molecule has 1 aliphatic rings. The van der Waals surface area contributed by atoms with E-state index in [0.717, 1.165) is 48.8 Å². The van der Waals surface area contributed by atoms with Crippen molar-refractivity contribution in [3.63, 3.8) is 0 Å². The summed E-state index contributed by atoms with van der Waals surface area (Å²) in [5, 5.41) is 8.20. The van der Waals surface area contributed by atoms with E-state index in [1.54, 1.807) is 54.6 Å². The number of hydrogen-bond acceptors (Lipinski definition) is 6. The normalized spacial score (nSPS) is 15.0. The molecule has 42 heavy (non-hydrogen) atoms. The molecule has 0 saturated carbocycles. The van der Waals surface area contributed by atoms with Gasteiger partial charge in [0.05, 0.1) is 22.0 Å². The molecule has 1 aliphatic heterocycles. The summed E-state index contributed by atoms with van der Waals surface area (Å²) in [6.07, 6.45) is -1.57. The molecule has 0 aromatic heterocycles. The Balaban J connectivity index is 1.45. The van der Waals surface area contributed by atoms with Crippen LogP contribution in [0.5, 0.6) is 0 Å². The first-order valence-corrected chi connectivity index (χ1v) is 14.8. The van der Waals surface area contributed by atoms with Crippen molar-refractivity contribution in [3.8, 4) is 0 Å². The van der Waals surface area contributed by atoms with Crippen molar-refractivity contribution in [3.05, 3.63) is 94.5 Å². The average Bonchev–Trinajstić information content (AvgIpc) is 2.96. The van der Waals surface area contributed by atoms with E-state index in [0.29, 0.717) is 23.5 Å². The molecule has 1 fully saturated rings. The van der Waals surface area contributed by atoms with Gasteiger partial charge in [0, 0.05) is 49.4 Å². The molecule has 0 spiro atoms. The number of alkyl halides is 3. The van der Waals surface area contributed by atoms with Crippen LogP contribution in [0, 0.1) is 0 Å². The maximum absolute atomic E-state index is 13.4. The maximum atomic E-state index is 13.4.